The SMILES string of the molecule is CCOC(=O)OCOC(=O)CCCCCCCCCCC(=O)O. The average Bonchev–Trinajstić information content (AvgIpc) is 2.49. The number of hydrogen-bond donors (Lipinski definition) is 1. The van der Waals surface area contributed by atoms with Gasteiger partial charge in [0.2, 0.25) is 6.79 Å². The van der Waals surface area contributed by atoms with Crippen LogP contribution in [0, 0.1) is 0 Å². The zero-order valence-corrected chi connectivity index (χ0v) is 13.9. The van der Waals surface area contributed by atoms with Crippen LogP contribution in [-0.2, 0) is 23.8 Å². The molecule has 7 nitrogen and oxygen atoms in total. The van der Waals surface area contributed by atoms with E-state index in [0.717, 1.165) is 51.4 Å². The summed E-state index contributed by atoms with van der Waals surface area (Å²) in [6.45, 7) is 1.46. The van der Waals surface area contributed by atoms with Crippen LogP contribution in [0.15, 0.2) is 0 Å². The molecule has 134 valence electrons. The number of hydrogen-bond acceptors (Lipinski definition) is 6. The molecule has 0 aromatic heterocycles. The summed E-state index contributed by atoms with van der Waals surface area (Å²) in [5.74, 6) is -1.12. The molecule has 1 N–H and O–H groups in total. The summed E-state index contributed by atoms with van der Waals surface area (Å²) < 4.78 is 13.8. The summed E-state index contributed by atoms with van der Waals surface area (Å²) >= 11 is 0. The Morgan fingerprint density at radius 3 is 1.78 bits per heavy atom. The quantitative estimate of drug-likeness (QED) is 0.294. The van der Waals surface area contributed by atoms with Gasteiger partial charge in [-0.3, -0.25) is 9.59 Å². The van der Waals surface area contributed by atoms with E-state index in [4.69, 9.17) is 9.84 Å². The van der Waals surface area contributed by atoms with E-state index < -0.39 is 18.9 Å². The van der Waals surface area contributed by atoms with Gasteiger partial charge in [-0.1, -0.05) is 38.5 Å². The first-order valence-corrected chi connectivity index (χ1v) is 8.23. The molecule has 0 unspecified atom stereocenters. The van der Waals surface area contributed by atoms with E-state index >= 15 is 0 Å². The molecule has 0 fully saturated rings. The molecule has 0 atom stereocenters. The van der Waals surface area contributed by atoms with E-state index in [0.29, 0.717) is 6.42 Å². The third-order valence-electron chi connectivity index (χ3n) is 3.18. The molecule has 0 aromatic carbocycles. The maximum Gasteiger partial charge on any atom is 0.511 e. The van der Waals surface area contributed by atoms with Crippen molar-refractivity contribution in [1.82, 2.24) is 0 Å². The van der Waals surface area contributed by atoms with Gasteiger partial charge in [0.15, 0.2) is 0 Å². The van der Waals surface area contributed by atoms with E-state index in [2.05, 4.69) is 9.47 Å². The van der Waals surface area contributed by atoms with Crippen LogP contribution in [-0.4, -0.2) is 36.6 Å². The van der Waals surface area contributed by atoms with Crippen LogP contribution >= 0.6 is 0 Å². The lowest BCUT2D eigenvalue weighted by Crippen LogP contribution is -2.13. The van der Waals surface area contributed by atoms with Gasteiger partial charge in [0, 0.05) is 12.8 Å². The molecule has 0 rings (SSSR count). The Balaban J connectivity index is 3.26. The summed E-state index contributed by atoms with van der Waals surface area (Å²) in [5.41, 5.74) is 0. The average molecular weight is 332 g/mol. The summed E-state index contributed by atoms with van der Waals surface area (Å²) in [5, 5.41) is 8.49. The first-order valence-electron chi connectivity index (χ1n) is 8.23. The Bertz CT molecular complexity index is 341. The molecular formula is C16H28O7. The summed E-state index contributed by atoms with van der Waals surface area (Å²) in [7, 11) is 0. The van der Waals surface area contributed by atoms with Crippen molar-refractivity contribution >= 4 is 18.1 Å². The minimum absolute atomic E-state index is 0.215. The van der Waals surface area contributed by atoms with Gasteiger partial charge in [-0.05, 0) is 19.8 Å². The maximum atomic E-state index is 11.3. The zero-order valence-electron chi connectivity index (χ0n) is 13.9. The predicted molar refractivity (Wildman–Crippen MR) is 82.9 cm³/mol. The van der Waals surface area contributed by atoms with E-state index in [-0.39, 0.29) is 19.0 Å². The van der Waals surface area contributed by atoms with Crippen LogP contribution in [0.1, 0.15) is 71.1 Å². The fourth-order valence-corrected chi connectivity index (χ4v) is 1.98. The lowest BCUT2D eigenvalue weighted by Gasteiger charge is -2.06. The lowest BCUT2D eigenvalue weighted by atomic mass is 10.1. The number of esters is 1. The number of carboxylic acid groups (broad SMARTS) is 1. The van der Waals surface area contributed by atoms with Crippen molar-refractivity contribution < 1.29 is 33.7 Å². The van der Waals surface area contributed by atoms with Crippen molar-refractivity contribution in [3.63, 3.8) is 0 Å². The first kappa shape index (κ1) is 21.2. The van der Waals surface area contributed by atoms with Gasteiger partial charge in [0.05, 0.1) is 6.61 Å². The molecule has 0 spiro atoms. The summed E-state index contributed by atoms with van der Waals surface area (Å²) in [6.07, 6.45) is 7.40. The second kappa shape index (κ2) is 15.1. The van der Waals surface area contributed by atoms with Crippen LogP contribution < -0.4 is 0 Å². The zero-order chi connectivity index (χ0) is 17.3. The molecule has 0 aliphatic heterocycles. The third-order valence-corrected chi connectivity index (χ3v) is 3.18. The molecule has 0 saturated carbocycles. The molecule has 0 aliphatic carbocycles. The van der Waals surface area contributed by atoms with Crippen LogP contribution in [0.25, 0.3) is 0 Å². The first-order chi connectivity index (χ1) is 11.1. The number of rotatable bonds is 14. The van der Waals surface area contributed by atoms with Gasteiger partial charge in [0.1, 0.15) is 0 Å². The molecule has 0 radical (unpaired) electrons. The molecule has 23 heavy (non-hydrogen) atoms. The largest absolute Gasteiger partial charge is 0.511 e. The van der Waals surface area contributed by atoms with E-state index in [1.807, 2.05) is 0 Å². The highest BCUT2D eigenvalue weighted by Gasteiger charge is 2.06. The van der Waals surface area contributed by atoms with Gasteiger partial charge >= 0.3 is 18.1 Å². The van der Waals surface area contributed by atoms with E-state index in [9.17, 15) is 14.4 Å². The van der Waals surface area contributed by atoms with Crippen LogP contribution in [0.5, 0.6) is 0 Å². The Morgan fingerprint density at radius 1 is 0.739 bits per heavy atom. The van der Waals surface area contributed by atoms with Crippen molar-refractivity contribution in [2.75, 3.05) is 13.4 Å². The lowest BCUT2D eigenvalue weighted by molar-refractivity contribution is -0.153. The van der Waals surface area contributed by atoms with Crippen molar-refractivity contribution in [3.8, 4) is 0 Å². The molecule has 0 saturated heterocycles. The molecule has 0 aromatic rings. The van der Waals surface area contributed by atoms with Crippen LogP contribution in [0.3, 0.4) is 0 Å². The number of carbonyl (C=O) groups excluding carboxylic acids is 2. The van der Waals surface area contributed by atoms with E-state index in [1.54, 1.807) is 6.92 Å². The minimum Gasteiger partial charge on any atom is -0.481 e. The topological polar surface area (TPSA) is 99.1 Å². The summed E-state index contributed by atoms with van der Waals surface area (Å²) in [6, 6.07) is 0. The highest BCUT2D eigenvalue weighted by atomic mass is 16.8. The maximum absolute atomic E-state index is 11.3. The third kappa shape index (κ3) is 16.4. The smallest absolute Gasteiger partial charge is 0.481 e. The number of aliphatic carboxylic acids is 1. The Hall–Kier alpha value is -1.79. The number of carbonyl (C=O) groups is 3. The van der Waals surface area contributed by atoms with Crippen molar-refractivity contribution in [2.24, 2.45) is 0 Å². The second-order valence-electron chi connectivity index (χ2n) is 5.18. The van der Waals surface area contributed by atoms with Crippen molar-refractivity contribution in [2.45, 2.75) is 71.1 Å². The summed E-state index contributed by atoms with van der Waals surface area (Å²) in [4.78, 5) is 32.5. The van der Waals surface area contributed by atoms with Crippen molar-refractivity contribution in [3.05, 3.63) is 0 Å². The monoisotopic (exact) mass is 332 g/mol. The molecule has 0 bridgehead atoms. The standard InChI is InChI=1S/C16H28O7/c1-2-21-16(20)23-13-22-15(19)12-10-8-6-4-3-5-7-9-11-14(17)18/h2-13H2,1H3,(H,17,18). The van der Waals surface area contributed by atoms with Gasteiger partial charge in [-0.15, -0.1) is 0 Å². The number of carboxylic acids is 1. The fourth-order valence-electron chi connectivity index (χ4n) is 1.98. The Kier molecular flexibility index (Phi) is 13.9. The van der Waals surface area contributed by atoms with Crippen LogP contribution in [0.2, 0.25) is 0 Å². The molecule has 7 heteroatoms. The van der Waals surface area contributed by atoms with Gasteiger partial charge in [-0.25, -0.2) is 4.79 Å². The van der Waals surface area contributed by atoms with Gasteiger partial charge in [0.25, 0.3) is 0 Å². The Morgan fingerprint density at radius 2 is 1.26 bits per heavy atom. The Labute approximate surface area is 137 Å². The van der Waals surface area contributed by atoms with Gasteiger partial charge < -0.3 is 19.3 Å². The highest BCUT2D eigenvalue weighted by Crippen LogP contribution is 2.11. The number of unbranched alkanes of at least 4 members (excludes halogenated alkanes) is 7. The van der Waals surface area contributed by atoms with Crippen LogP contribution in [0.4, 0.5) is 4.79 Å². The number of ether oxygens (including phenoxy) is 3. The highest BCUT2D eigenvalue weighted by molar-refractivity contribution is 5.69. The minimum atomic E-state index is -0.844. The molecule has 0 heterocycles. The molecular weight excluding hydrogens is 304 g/mol. The fraction of sp³-hybridized carbons (Fsp3) is 0.812. The molecule has 0 aliphatic rings. The second-order valence-corrected chi connectivity index (χ2v) is 5.18. The van der Waals surface area contributed by atoms with Gasteiger partial charge in [-0.2, -0.15) is 0 Å². The van der Waals surface area contributed by atoms with E-state index in [1.165, 1.54) is 0 Å². The van der Waals surface area contributed by atoms with Crippen molar-refractivity contribution in [1.29, 1.82) is 0 Å². The normalized spacial score (nSPS) is 10.1. The predicted octanol–water partition coefficient (Wildman–Crippen LogP) is 3.65. The molecule has 0 amide bonds.